The number of ether oxygens (including phenoxy) is 2. The lowest BCUT2D eigenvalue weighted by atomic mass is 10.2. The Bertz CT molecular complexity index is 798. The Morgan fingerprint density at radius 3 is 2.37 bits per heavy atom. The second kappa shape index (κ2) is 8.37. The number of nitrogens with zero attached hydrogens (tertiary/aromatic N) is 2. The van der Waals surface area contributed by atoms with Crippen LogP contribution in [-0.4, -0.2) is 75.0 Å². The highest BCUT2D eigenvalue weighted by Crippen LogP contribution is 2.17. The van der Waals surface area contributed by atoms with Crippen LogP contribution in [0.3, 0.4) is 0 Å². The molecular formula is C18H26N2O6S. The van der Waals surface area contributed by atoms with Crippen molar-refractivity contribution in [3.05, 3.63) is 29.8 Å². The summed E-state index contributed by atoms with van der Waals surface area (Å²) in [6.07, 6.45) is -1.16. The van der Waals surface area contributed by atoms with E-state index in [4.69, 9.17) is 9.47 Å². The SMILES string of the molecule is CC1CN(C(=O)C(C)OC(=O)c2cccc(S(=O)(=O)N(C)C)c2)CC(C)O1. The van der Waals surface area contributed by atoms with Crippen molar-refractivity contribution in [1.29, 1.82) is 0 Å². The Balaban J connectivity index is 2.09. The zero-order valence-corrected chi connectivity index (χ0v) is 17.0. The first-order valence-corrected chi connectivity index (χ1v) is 10.1. The lowest BCUT2D eigenvalue weighted by Crippen LogP contribution is -2.51. The van der Waals surface area contributed by atoms with Gasteiger partial charge in [-0.2, -0.15) is 0 Å². The summed E-state index contributed by atoms with van der Waals surface area (Å²) >= 11 is 0. The Morgan fingerprint density at radius 1 is 1.22 bits per heavy atom. The maximum absolute atomic E-state index is 12.6. The molecule has 9 heteroatoms. The van der Waals surface area contributed by atoms with Crippen LogP contribution in [0.25, 0.3) is 0 Å². The molecule has 0 aromatic heterocycles. The van der Waals surface area contributed by atoms with Crippen molar-refractivity contribution in [2.75, 3.05) is 27.2 Å². The molecule has 150 valence electrons. The van der Waals surface area contributed by atoms with Crippen LogP contribution in [0.4, 0.5) is 0 Å². The minimum absolute atomic E-state index is 0.0169. The molecule has 1 heterocycles. The van der Waals surface area contributed by atoms with Gasteiger partial charge in [-0.25, -0.2) is 17.5 Å². The third-order valence-electron chi connectivity index (χ3n) is 4.21. The van der Waals surface area contributed by atoms with Crippen molar-refractivity contribution in [2.45, 2.75) is 44.0 Å². The predicted molar refractivity (Wildman–Crippen MR) is 98.8 cm³/mol. The van der Waals surface area contributed by atoms with E-state index >= 15 is 0 Å². The Morgan fingerprint density at radius 2 is 1.81 bits per heavy atom. The number of esters is 1. The largest absolute Gasteiger partial charge is 0.449 e. The summed E-state index contributed by atoms with van der Waals surface area (Å²) in [6.45, 7) is 6.13. The fourth-order valence-electron chi connectivity index (χ4n) is 2.89. The van der Waals surface area contributed by atoms with Gasteiger partial charge < -0.3 is 14.4 Å². The van der Waals surface area contributed by atoms with Gasteiger partial charge in [0.2, 0.25) is 10.0 Å². The van der Waals surface area contributed by atoms with Crippen molar-refractivity contribution in [1.82, 2.24) is 9.21 Å². The Hall–Kier alpha value is -1.97. The van der Waals surface area contributed by atoms with Crippen LogP contribution >= 0.6 is 0 Å². The second-order valence-corrected chi connectivity index (χ2v) is 9.02. The number of morpholine rings is 1. The zero-order chi connectivity index (χ0) is 20.4. The number of hydrogen-bond acceptors (Lipinski definition) is 6. The van der Waals surface area contributed by atoms with Gasteiger partial charge in [0.15, 0.2) is 6.10 Å². The number of carbonyl (C=O) groups is 2. The van der Waals surface area contributed by atoms with Gasteiger partial charge in [0, 0.05) is 27.2 Å². The van der Waals surface area contributed by atoms with Crippen molar-refractivity contribution in [3.8, 4) is 0 Å². The van der Waals surface area contributed by atoms with E-state index in [1.54, 1.807) is 4.90 Å². The first-order valence-electron chi connectivity index (χ1n) is 8.70. The molecule has 1 aliphatic heterocycles. The molecule has 0 spiro atoms. The first-order chi connectivity index (χ1) is 12.5. The summed E-state index contributed by atoms with van der Waals surface area (Å²) in [6, 6.07) is 5.56. The van der Waals surface area contributed by atoms with Crippen molar-refractivity contribution >= 4 is 21.9 Å². The van der Waals surface area contributed by atoms with Gasteiger partial charge in [0.1, 0.15) is 0 Å². The summed E-state index contributed by atoms with van der Waals surface area (Å²) in [7, 11) is -0.854. The molecule has 0 N–H and O–H groups in total. The molecule has 2 rings (SSSR count). The van der Waals surface area contributed by atoms with Crippen LogP contribution in [0.15, 0.2) is 29.2 Å². The summed E-state index contributed by atoms with van der Waals surface area (Å²) in [5, 5.41) is 0. The number of sulfonamides is 1. The summed E-state index contributed by atoms with van der Waals surface area (Å²) < 4.78 is 36.3. The van der Waals surface area contributed by atoms with Crippen molar-refractivity contribution in [3.63, 3.8) is 0 Å². The average molecular weight is 398 g/mol. The van der Waals surface area contributed by atoms with Crippen LogP contribution < -0.4 is 0 Å². The number of benzene rings is 1. The van der Waals surface area contributed by atoms with Crippen molar-refractivity contribution < 1.29 is 27.5 Å². The Labute approximate surface area is 160 Å². The van der Waals surface area contributed by atoms with Crippen molar-refractivity contribution in [2.24, 2.45) is 0 Å². The molecule has 1 amide bonds. The van der Waals surface area contributed by atoms with E-state index in [0.29, 0.717) is 13.1 Å². The molecular weight excluding hydrogens is 372 g/mol. The third-order valence-corrected chi connectivity index (χ3v) is 6.02. The minimum atomic E-state index is -3.67. The molecule has 1 aliphatic rings. The average Bonchev–Trinajstić information content (AvgIpc) is 2.60. The van der Waals surface area contributed by atoms with Gasteiger partial charge in [-0.3, -0.25) is 4.79 Å². The highest BCUT2D eigenvalue weighted by Gasteiger charge is 2.30. The fraction of sp³-hybridized carbons (Fsp3) is 0.556. The normalized spacial score (nSPS) is 21.8. The molecule has 8 nitrogen and oxygen atoms in total. The molecule has 1 aromatic carbocycles. The lowest BCUT2D eigenvalue weighted by molar-refractivity contribution is -0.151. The predicted octanol–water partition coefficient (Wildman–Crippen LogP) is 1.12. The maximum Gasteiger partial charge on any atom is 0.338 e. The molecule has 1 fully saturated rings. The van der Waals surface area contributed by atoms with Crippen LogP contribution in [-0.2, 0) is 24.3 Å². The topological polar surface area (TPSA) is 93.2 Å². The van der Waals surface area contributed by atoms with Gasteiger partial charge in [0.05, 0.1) is 22.7 Å². The summed E-state index contributed by atoms with van der Waals surface area (Å²) in [4.78, 5) is 26.6. The number of hydrogen-bond donors (Lipinski definition) is 0. The molecule has 3 atom stereocenters. The number of carbonyl (C=O) groups excluding carboxylic acids is 2. The Kier molecular flexibility index (Phi) is 6.61. The standard InChI is InChI=1S/C18H26N2O6S/c1-12-10-20(11-13(2)25-12)17(21)14(3)26-18(22)15-7-6-8-16(9-15)27(23,24)19(4)5/h6-9,12-14H,10-11H2,1-5H3. The van der Waals surface area contributed by atoms with Gasteiger partial charge in [0.25, 0.3) is 5.91 Å². The molecule has 0 radical (unpaired) electrons. The highest BCUT2D eigenvalue weighted by molar-refractivity contribution is 7.89. The van der Waals surface area contributed by atoms with E-state index in [-0.39, 0.29) is 28.6 Å². The van der Waals surface area contributed by atoms with E-state index < -0.39 is 22.1 Å². The van der Waals surface area contributed by atoms with Gasteiger partial charge in [-0.15, -0.1) is 0 Å². The number of amides is 1. The van der Waals surface area contributed by atoms with E-state index in [2.05, 4.69) is 0 Å². The molecule has 1 aromatic rings. The molecule has 27 heavy (non-hydrogen) atoms. The quantitative estimate of drug-likeness (QED) is 0.690. The van der Waals surface area contributed by atoms with Crippen LogP contribution in [0.5, 0.6) is 0 Å². The van der Waals surface area contributed by atoms with E-state index in [9.17, 15) is 18.0 Å². The molecule has 0 saturated carbocycles. The van der Waals surface area contributed by atoms with Crippen LogP contribution in [0.1, 0.15) is 31.1 Å². The third kappa shape index (κ3) is 5.06. The fourth-order valence-corrected chi connectivity index (χ4v) is 3.84. The zero-order valence-electron chi connectivity index (χ0n) is 16.2. The van der Waals surface area contributed by atoms with E-state index in [1.807, 2.05) is 13.8 Å². The van der Waals surface area contributed by atoms with Gasteiger partial charge >= 0.3 is 5.97 Å². The van der Waals surface area contributed by atoms with Crippen LogP contribution in [0.2, 0.25) is 0 Å². The molecule has 3 unspecified atom stereocenters. The summed E-state index contributed by atoms with van der Waals surface area (Å²) in [5.41, 5.74) is 0.0706. The maximum atomic E-state index is 12.6. The van der Waals surface area contributed by atoms with E-state index in [0.717, 1.165) is 4.31 Å². The second-order valence-electron chi connectivity index (χ2n) is 6.86. The minimum Gasteiger partial charge on any atom is -0.449 e. The molecule has 1 saturated heterocycles. The number of rotatable bonds is 5. The van der Waals surface area contributed by atoms with Gasteiger partial charge in [-0.05, 0) is 39.0 Å². The van der Waals surface area contributed by atoms with Gasteiger partial charge in [-0.1, -0.05) is 6.07 Å². The van der Waals surface area contributed by atoms with E-state index in [1.165, 1.54) is 45.3 Å². The first kappa shape index (κ1) is 21.3. The molecule has 0 bridgehead atoms. The monoisotopic (exact) mass is 398 g/mol. The lowest BCUT2D eigenvalue weighted by Gasteiger charge is -2.36. The van der Waals surface area contributed by atoms with Crippen LogP contribution in [0, 0.1) is 0 Å². The smallest absolute Gasteiger partial charge is 0.338 e. The molecule has 0 aliphatic carbocycles. The summed E-state index contributed by atoms with van der Waals surface area (Å²) in [5.74, 6) is -1.05. The highest BCUT2D eigenvalue weighted by atomic mass is 32.2.